The van der Waals surface area contributed by atoms with Crippen molar-refractivity contribution in [2.45, 2.75) is 6.54 Å². The average molecular weight is 419 g/mol. The Morgan fingerprint density at radius 3 is 2.52 bits per heavy atom. The van der Waals surface area contributed by atoms with Crippen LogP contribution >= 0.6 is 11.6 Å². The molecule has 0 spiro atoms. The minimum Gasteiger partial charge on any atom is -0.477 e. The monoisotopic (exact) mass is 418 g/mol. The fourth-order valence-corrected chi connectivity index (χ4v) is 3.21. The molecule has 5 nitrogen and oxygen atoms in total. The number of rotatable bonds is 3. The van der Waals surface area contributed by atoms with Gasteiger partial charge >= 0.3 is 5.56 Å². The molecule has 0 saturated heterocycles. The van der Waals surface area contributed by atoms with Gasteiger partial charge in [-0.1, -0.05) is 23.7 Å². The summed E-state index contributed by atoms with van der Waals surface area (Å²) >= 11 is 5.79. The SMILES string of the molecule is O=c1c(-c2c(F)ccc(F)c2F)c(O)n(Cc2ccc(Cl)nc2)c2cccc[n+]12. The van der Waals surface area contributed by atoms with Crippen molar-refractivity contribution in [2.24, 2.45) is 0 Å². The predicted molar refractivity (Wildman–Crippen MR) is 99.2 cm³/mol. The quantitative estimate of drug-likeness (QED) is 0.315. The van der Waals surface area contributed by atoms with E-state index < -0.39 is 40.0 Å². The van der Waals surface area contributed by atoms with Gasteiger partial charge in [0.15, 0.2) is 17.2 Å². The van der Waals surface area contributed by atoms with E-state index in [2.05, 4.69) is 4.98 Å². The molecule has 3 aromatic heterocycles. The molecule has 146 valence electrons. The number of hydrogen-bond donors (Lipinski definition) is 1. The summed E-state index contributed by atoms with van der Waals surface area (Å²) in [6, 6.07) is 9.22. The number of aromatic hydroxyl groups is 1. The third-order valence-corrected chi connectivity index (χ3v) is 4.67. The highest BCUT2D eigenvalue weighted by atomic mass is 35.5. The average Bonchev–Trinajstić information content (AvgIpc) is 2.72. The molecule has 0 fully saturated rings. The van der Waals surface area contributed by atoms with Gasteiger partial charge in [-0.2, -0.15) is 8.97 Å². The molecule has 0 bridgehead atoms. The molecule has 4 rings (SSSR count). The Balaban J connectivity index is 2.06. The first-order valence-electron chi connectivity index (χ1n) is 8.39. The van der Waals surface area contributed by atoms with Crippen molar-refractivity contribution in [1.82, 2.24) is 9.55 Å². The lowest BCUT2D eigenvalue weighted by Gasteiger charge is -2.11. The van der Waals surface area contributed by atoms with E-state index in [0.29, 0.717) is 17.7 Å². The van der Waals surface area contributed by atoms with Gasteiger partial charge in [0.1, 0.15) is 17.5 Å². The van der Waals surface area contributed by atoms with Gasteiger partial charge in [0.2, 0.25) is 0 Å². The molecule has 3 heterocycles. The lowest BCUT2D eigenvalue weighted by Crippen LogP contribution is -2.44. The first kappa shape index (κ1) is 18.9. The van der Waals surface area contributed by atoms with Gasteiger partial charge in [0.05, 0.1) is 11.8 Å². The lowest BCUT2D eigenvalue weighted by atomic mass is 10.1. The van der Waals surface area contributed by atoms with E-state index in [0.717, 1.165) is 4.40 Å². The smallest absolute Gasteiger partial charge is 0.354 e. The van der Waals surface area contributed by atoms with Crippen LogP contribution in [0.3, 0.4) is 0 Å². The maximum absolute atomic E-state index is 14.4. The van der Waals surface area contributed by atoms with E-state index in [4.69, 9.17) is 11.6 Å². The summed E-state index contributed by atoms with van der Waals surface area (Å²) in [5.74, 6) is -4.79. The van der Waals surface area contributed by atoms with Gasteiger partial charge in [0, 0.05) is 17.8 Å². The summed E-state index contributed by atoms with van der Waals surface area (Å²) in [7, 11) is 0. The van der Waals surface area contributed by atoms with Gasteiger partial charge < -0.3 is 5.11 Å². The summed E-state index contributed by atoms with van der Waals surface area (Å²) in [6.07, 6.45) is 2.84. The molecule has 0 atom stereocenters. The second kappa shape index (κ2) is 7.21. The van der Waals surface area contributed by atoms with Crippen molar-refractivity contribution in [3.05, 3.63) is 93.4 Å². The Hall–Kier alpha value is -3.39. The van der Waals surface area contributed by atoms with Gasteiger partial charge in [-0.25, -0.2) is 22.9 Å². The first-order valence-corrected chi connectivity index (χ1v) is 8.76. The Kier molecular flexibility index (Phi) is 4.71. The number of aromatic nitrogens is 3. The summed E-state index contributed by atoms with van der Waals surface area (Å²) in [4.78, 5) is 16.9. The van der Waals surface area contributed by atoms with E-state index in [1.54, 1.807) is 30.3 Å². The van der Waals surface area contributed by atoms with E-state index in [9.17, 15) is 23.1 Å². The second-order valence-corrected chi connectivity index (χ2v) is 6.61. The summed E-state index contributed by atoms with van der Waals surface area (Å²) in [5.41, 5.74) is -1.66. The van der Waals surface area contributed by atoms with Crippen LogP contribution in [0.1, 0.15) is 5.56 Å². The van der Waals surface area contributed by atoms with Gasteiger partial charge in [0.25, 0.3) is 11.5 Å². The molecule has 0 amide bonds. The molecular formula is C20H12ClF3N3O2+. The van der Waals surface area contributed by atoms with Crippen LogP contribution in [0.5, 0.6) is 5.88 Å². The standard InChI is InChI=1S/C20H11ClF3N3O2/c21-14-7-4-11(9-25-14)10-27-15-3-1-2-8-26(15)19(28)17(20(27)29)16-12(22)5-6-13(23)18(16)24/h1-9H,10H2/p+1. The highest BCUT2D eigenvalue weighted by Crippen LogP contribution is 2.32. The van der Waals surface area contributed by atoms with Crippen LogP contribution in [0.2, 0.25) is 5.15 Å². The minimum atomic E-state index is -1.56. The molecule has 0 radical (unpaired) electrons. The van der Waals surface area contributed by atoms with Gasteiger partial charge in [-0.3, -0.25) is 0 Å². The van der Waals surface area contributed by atoms with Crippen LogP contribution in [0.15, 0.2) is 59.7 Å². The van der Waals surface area contributed by atoms with Gasteiger partial charge in [-0.05, 0) is 24.3 Å². The zero-order chi connectivity index (χ0) is 20.7. The fraction of sp³-hybridized carbons (Fsp3) is 0.0500. The molecule has 1 N–H and O–H groups in total. The van der Waals surface area contributed by atoms with Crippen LogP contribution in [0.4, 0.5) is 13.2 Å². The highest BCUT2D eigenvalue weighted by molar-refractivity contribution is 6.29. The normalized spacial score (nSPS) is 11.2. The van der Waals surface area contributed by atoms with Crippen molar-refractivity contribution >= 4 is 17.2 Å². The van der Waals surface area contributed by atoms with Crippen LogP contribution in [-0.2, 0) is 6.54 Å². The molecule has 0 saturated carbocycles. The molecule has 1 aromatic carbocycles. The Labute approximate surface area is 166 Å². The van der Waals surface area contributed by atoms with Crippen molar-refractivity contribution in [3.63, 3.8) is 0 Å². The second-order valence-electron chi connectivity index (χ2n) is 6.23. The molecule has 0 aliphatic carbocycles. The Bertz CT molecular complexity index is 1310. The van der Waals surface area contributed by atoms with E-state index >= 15 is 0 Å². The molecule has 29 heavy (non-hydrogen) atoms. The zero-order valence-electron chi connectivity index (χ0n) is 14.6. The maximum atomic E-state index is 14.4. The predicted octanol–water partition coefficient (Wildman–Crippen LogP) is 3.47. The van der Waals surface area contributed by atoms with E-state index in [1.807, 2.05) is 0 Å². The summed E-state index contributed by atoms with van der Waals surface area (Å²) < 4.78 is 44.9. The van der Waals surface area contributed by atoms with E-state index in [1.165, 1.54) is 17.0 Å². The number of pyridine rings is 2. The molecule has 4 aromatic rings. The lowest BCUT2D eigenvalue weighted by molar-refractivity contribution is -0.532. The van der Waals surface area contributed by atoms with Crippen LogP contribution in [0, 0.1) is 17.5 Å². The molecular weight excluding hydrogens is 407 g/mol. The minimum absolute atomic E-state index is 0.00928. The zero-order valence-corrected chi connectivity index (χ0v) is 15.4. The largest absolute Gasteiger partial charge is 0.477 e. The van der Waals surface area contributed by atoms with Crippen LogP contribution < -0.4 is 9.96 Å². The number of fused-ring (bicyclic) bond motifs is 1. The molecule has 0 aliphatic rings. The third kappa shape index (κ3) is 3.21. The maximum Gasteiger partial charge on any atom is 0.354 e. The van der Waals surface area contributed by atoms with Crippen molar-refractivity contribution in [1.29, 1.82) is 0 Å². The van der Waals surface area contributed by atoms with E-state index in [-0.39, 0.29) is 17.3 Å². The number of benzene rings is 1. The van der Waals surface area contributed by atoms with Crippen molar-refractivity contribution < 1.29 is 22.7 Å². The molecule has 0 aliphatic heterocycles. The number of halogens is 4. The summed E-state index contributed by atoms with van der Waals surface area (Å²) in [5, 5.41) is 11.1. The third-order valence-electron chi connectivity index (χ3n) is 4.45. The fourth-order valence-electron chi connectivity index (χ4n) is 3.10. The van der Waals surface area contributed by atoms with Crippen molar-refractivity contribution in [2.75, 3.05) is 0 Å². The summed E-state index contributed by atoms with van der Waals surface area (Å²) in [6.45, 7) is 0.00928. The van der Waals surface area contributed by atoms with Crippen LogP contribution in [0.25, 0.3) is 16.8 Å². The van der Waals surface area contributed by atoms with Crippen molar-refractivity contribution in [3.8, 4) is 17.0 Å². The number of nitrogens with zero attached hydrogens (tertiary/aromatic N) is 3. The topological polar surface area (TPSA) is 59.2 Å². The molecule has 0 unspecified atom stereocenters. The van der Waals surface area contributed by atoms with Gasteiger partial charge in [-0.15, -0.1) is 0 Å². The Morgan fingerprint density at radius 2 is 1.79 bits per heavy atom. The first-order chi connectivity index (χ1) is 13.9. The van der Waals surface area contributed by atoms with Crippen LogP contribution in [-0.4, -0.2) is 14.7 Å². The molecule has 9 heteroatoms. The Morgan fingerprint density at radius 1 is 1.03 bits per heavy atom. The number of hydrogen-bond acceptors (Lipinski definition) is 3. The highest BCUT2D eigenvalue weighted by Gasteiger charge is 2.30.